The van der Waals surface area contributed by atoms with Crippen LogP contribution in [-0.2, 0) is 23.7 Å². The van der Waals surface area contributed by atoms with Gasteiger partial charge < -0.3 is 9.13 Å². The number of hydrogen-bond acceptors (Lipinski definition) is 5. The van der Waals surface area contributed by atoms with E-state index in [1.54, 1.807) is 0 Å². The van der Waals surface area contributed by atoms with Gasteiger partial charge in [-0.15, -0.1) is 10.2 Å². The van der Waals surface area contributed by atoms with E-state index < -0.39 is 8.03 Å². The number of nitrogens with one attached hydrogen (secondary N) is 1. The summed E-state index contributed by atoms with van der Waals surface area (Å²) in [5, 5.41) is 15.9. The monoisotopic (exact) mass is 508 g/mol. The maximum atomic E-state index is 11.7. The predicted molar refractivity (Wildman–Crippen MR) is 135 cm³/mol. The second-order valence-electron chi connectivity index (χ2n) is 8.25. The molecule has 0 spiro atoms. The Morgan fingerprint density at radius 1 is 1.14 bits per heavy atom. The third-order valence-corrected chi connectivity index (χ3v) is 6.92. The zero-order valence-corrected chi connectivity index (χ0v) is 20.7. The van der Waals surface area contributed by atoms with E-state index in [9.17, 15) is 9.46 Å². The Hall–Kier alpha value is -3.39. The van der Waals surface area contributed by atoms with E-state index in [1.165, 1.54) is 0 Å². The van der Waals surface area contributed by atoms with Crippen LogP contribution in [0.4, 0.5) is 0 Å². The zero-order chi connectivity index (χ0) is 24.4. The Morgan fingerprint density at radius 2 is 2.00 bits per heavy atom. The van der Waals surface area contributed by atoms with Gasteiger partial charge in [0.15, 0.2) is 5.15 Å². The number of unbranched alkanes of at least 4 members (excludes halogenated alkanes) is 1. The highest BCUT2D eigenvalue weighted by Gasteiger charge is 2.24. The molecule has 1 unspecified atom stereocenters. The largest absolute Gasteiger partial charge is 0.511 e. The molecule has 178 valence electrons. The first-order chi connectivity index (χ1) is 17.1. The molecule has 0 radical (unpaired) electrons. The summed E-state index contributed by atoms with van der Waals surface area (Å²) in [4.78, 5) is 14.1. The van der Waals surface area contributed by atoms with Crippen molar-refractivity contribution in [2.24, 2.45) is 0 Å². The molecule has 3 heterocycles. The van der Waals surface area contributed by atoms with Gasteiger partial charge in [-0.05, 0) is 46.0 Å². The molecule has 0 aliphatic heterocycles. The van der Waals surface area contributed by atoms with Crippen LogP contribution in [-0.4, -0.2) is 39.6 Å². The normalized spacial score (nSPS) is 11.9. The van der Waals surface area contributed by atoms with Gasteiger partial charge in [0, 0.05) is 30.1 Å². The number of aromatic nitrogens is 7. The van der Waals surface area contributed by atoms with E-state index in [1.807, 2.05) is 41.1 Å². The van der Waals surface area contributed by atoms with Gasteiger partial charge in [0.25, 0.3) is 0 Å². The van der Waals surface area contributed by atoms with E-state index in [0.29, 0.717) is 23.2 Å². The zero-order valence-electron chi connectivity index (χ0n) is 19.1. The highest BCUT2D eigenvalue weighted by Crippen LogP contribution is 2.32. The van der Waals surface area contributed by atoms with Gasteiger partial charge in [-0.2, -0.15) is 10.1 Å². The number of para-hydroxylation sites is 1. The summed E-state index contributed by atoms with van der Waals surface area (Å²) in [6, 6.07) is 16.1. The summed E-state index contributed by atoms with van der Waals surface area (Å²) in [5.74, 6) is 1.36. The van der Waals surface area contributed by atoms with Crippen molar-refractivity contribution in [3.05, 3.63) is 77.0 Å². The van der Waals surface area contributed by atoms with Crippen LogP contribution >= 0.6 is 19.6 Å². The van der Waals surface area contributed by atoms with Crippen molar-refractivity contribution in [3.63, 3.8) is 0 Å². The van der Waals surface area contributed by atoms with Crippen molar-refractivity contribution in [1.82, 2.24) is 34.7 Å². The summed E-state index contributed by atoms with van der Waals surface area (Å²) in [6.07, 6.45) is 4.74. The summed E-state index contributed by atoms with van der Waals surface area (Å²) in [7, 11) is -2.38. The Labute approximate surface area is 207 Å². The maximum absolute atomic E-state index is 11.7. The first-order valence-electron chi connectivity index (χ1n) is 11.4. The molecule has 2 aromatic carbocycles. The molecule has 1 atom stereocenters. The van der Waals surface area contributed by atoms with Crippen LogP contribution in [0.25, 0.3) is 28.0 Å². The topological polar surface area (TPSA) is 115 Å². The summed E-state index contributed by atoms with van der Waals surface area (Å²) in [5.41, 5.74) is 4.49. The number of halogens is 1. The lowest BCUT2D eigenvalue weighted by atomic mass is 10.1. The molecule has 9 nitrogen and oxygen atoms in total. The minimum absolute atomic E-state index is 0.0254. The van der Waals surface area contributed by atoms with Crippen LogP contribution in [0.2, 0.25) is 5.15 Å². The standard InChI is InChI=1S/C24H23ClN7O2P/c1-2-3-11-22-26-23(25)21(15-35(33)34)32(22)14-16-7-6-10-19-17(16)12-13-31(19)20-9-5-4-8-18(20)24-27-29-30-28-24/h4-10,12-13H,2-3,11,14-15H2,1H3,(H-,27,28,29,30,33,34)/p+1. The lowest BCUT2D eigenvalue weighted by Crippen LogP contribution is -2.09. The van der Waals surface area contributed by atoms with Crippen molar-refractivity contribution < 1.29 is 9.46 Å². The number of aromatic amines is 1. The number of hydrogen-bond donors (Lipinski definition) is 2. The van der Waals surface area contributed by atoms with E-state index in [4.69, 9.17) is 11.6 Å². The van der Waals surface area contributed by atoms with Crippen molar-refractivity contribution in [1.29, 1.82) is 0 Å². The smallest absolute Gasteiger partial charge is 0.322 e. The SMILES string of the molecule is CCCCc1nc(Cl)c(C[P+](=O)O)n1Cc1cccc2c1ccn2-c1ccccc1-c1nn[nH]n1. The van der Waals surface area contributed by atoms with Gasteiger partial charge in [0.1, 0.15) is 11.5 Å². The molecule has 5 aromatic rings. The van der Waals surface area contributed by atoms with E-state index in [-0.39, 0.29) is 6.16 Å². The molecule has 2 N–H and O–H groups in total. The third kappa shape index (κ3) is 4.62. The average Bonchev–Trinajstić information content (AvgIpc) is 3.59. The highest BCUT2D eigenvalue weighted by molar-refractivity contribution is 7.37. The minimum Gasteiger partial charge on any atom is -0.322 e. The number of fused-ring (bicyclic) bond motifs is 1. The molecule has 35 heavy (non-hydrogen) atoms. The van der Waals surface area contributed by atoms with E-state index in [0.717, 1.165) is 52.8 Å². The van der Waals surface area contributed by atoms with Crippen LogP contribution in [0.1, 0.15) is 36.8 Å². The van der Waals surface area contributed by atoms with E-state index in [2.05, 4.69) is 55.3 Å². The van der Waals surface area contributed by atoms with E-state index >= 15 is 0 Å². The summed E-state index contributed by atoms with van der Waals surface area (Å²) < 4.78 is 15.8. The molecule has 0 saturated heterocycles. The van der Waals surface area contributed by atoms with Gasteiger partial charge in [-0.25, -0.2) is 4.98 Å². The quantitative estimate of drug-likeness (QED) is 0.262. The minimum atomic E-state index is -2.38. The maximum Gasteiger partial charge on any atom is 0.511 e. The number of rotatable bonds is 9. The van der Waals surface area contributed by atoms with Crippen LogP contribution in [0.3, 0.4) is 0 Å². The molecule has 5 rings (SSSR count). The molecular formula is C24H24ClN7O2P+. The molecule has 0 fully saturated rings. The average molecular weight is 509 g/mol. The Balaban J connectivity index is 1.59. The Kier molecular flexibility index (Phi) is 6.72. The second-order valence-corrected chi connectivity index (χ2v) is 9.63. The Morgan fingerprint density at radius 3 is 2.77 bits per heavy atom. The van der Waals surface area contributed by atoms with Crippen LogP contribution in [0.15, 0.2) is 54.7 Å². The lowest BCUT2D eigenvalue weighted by molar-refractivity contribution is 0.500. The van der Waals surface area contributed by atoms with Crippen LogP contribution < -0.4 is 0 Å². The number of nitrogens with zero attached hydrogens (tertiary/aromatic N) is 6. The number of imidazole rings is 1. The van der Waals surface area contributed by atoms with Gasteiger partial charge >= 0.3 is 8.03 Å². The Bertz CT molecular complexity index is 1490. The van der Waals surface area contributed by atoms with Crippen LogP contribution in [0.5, 0.6) is 0 Å². The highest BCUT2D eigenvalue weighted by atomic mass is 35.5. The number of aryl methyl sites for hydroxylation is 1. The fraction of sp³-hybridized carbons (Fsp3) is 0.250. The third-order valence-electron chi connectivity index (χ3n) is 6.04. The molecule has 0 aliphatic carbocycles. The predicted octanol–water partition coefficient (Wildman–Crippen LogP) is 5.29. The van der Waals surface area contributed by atoms with Gasteiger partial charge in [0.2, 0.25) is 12.0 Å². The first-order valence-corrected chi connectivity index (χ1v) is 13.1. The van der Waals surface area contributed by atoms with Crippen LogP contribution in [0, 0.1) is 0 Å². The van der Waals surface area contributed by atoms with Crippen molar-refractivity contribution >= 4 is 30.5 Å². The van der Waals surface area contributed by atoms with Gasteiger partial charge in [-0.3, -0.25) is 0 Å². The molecular weight excluding hydrogens is 485 g/mol. The fourth-order valence-electron chi connectivity index (χ4n) is 4.39. The summed E-state index contributed by atoms with van der Waals surface area (Å²) >= 11 is 6.41. The molecule has 0 bridgehead atoms. The number of benzene rings is 2. The second kappa shape index (κ2) is 10.1. The molecule has 0 amide bonds. The summed E-state index contributed by atoms with van der Waals surface area (Å²) in [6.45, 7) is 2.63. The molecule has 0 saturated carbocycles. The lowest BCUT2D eigenvalue weighted by Gasteiger charge is -2.13. The molecule has 11 heteroatoms. The molecule has 0 aliphatic rings. The first kappa shape index (κ1) is 23.4. The number of tetrazole rings is 1. The van der Waals surface area contributed by atoms with Crippen molar-refractivity contribution in [2.75, 3.05) is 0 Å². The van der Waals surface area contributed by atoms with Gasteiger partial charge in [-0.1, -0.05) is 49.2 Å². The fourth-order valence-corrected chi connectivity index (χ4v) is 5.33. The molecule has 3 aromatic heterocycles. The van der Waals surface area contributed by atoms with Crippen molar-refractivity contribution in [2.45, 2.75) is 38.9 Å². The van der Waals surface area contributed by atoms with Gasteiger partial charge in [0.05, 0.1) is 11.2 Å². The van der Waals surface area contributed by atoms with Crippen molar-refractivity contribution in [3.8, 4) is 17.1 Å². The number of H-pyrrole nitrogens is 1.